The number of esters is 2. The number of Topliss-reactive ketones (excluding diaryl/α,β-unsaturated/α-hetero) is 4. The Labute approximate surface area is 793 Å². The molecule has 6 aliphatic heterocycles. The number of aryl methyl sites for hydroxylation is 3. The number of rotatable bonds is 31. The van der Waals surface area contributed by atoms with Crippen LogP contribution in [0.5, 0.6) is 17.2 Å². The summed E-state index contributed by atoms with van der Waals surface area (Å²) in [6, 6.07) is 62.5. The van der Waals surface area contributed by atoms with E-state index in [9.17, 15) is 62.8 Å². The van der Waals surface area contributed by atoms with Crippen LogP contribution in [-0.4, -0.2) is 154 Å². The number of halogens is 1. The number of carbonyl (C=O) groups is 12. The smallest absolute Gasteiger partial charge is 0.338 e. The Morgan fingerprint density at radius 1 is 0.540 bits per heavy atom. The van der Waals surface area contributed by atoms with Crippen LogP contribution in [-0.2, 0) is 52.6 Å². The predicted octanol–water partition coefficient (Wildman–Crippen LogP) is 18.5. The molecule has 30 heteroatoms. The lowest BCUT2D eigenvalue weighted by Gasteiger charge is -2.30. The number of fused-ring (bicyclic) bond motifs is 3. The SMILES string of the molecule is CCOC(=O)C1=C(c2ccccc2)NC(CCC(=O)Cc2cccc(OC)c2)=C(C#N)C1c1ccco1.CCOC(=O)c1ccc(CC(=O)CCc2nnc(-c3ccco3)c(-c3ccco3)n2)cc1.Cc1ccc(C(=O)C(C)CC(=O)c2ccc3c(c2)C(=O)N(c2ccc(C)c(Cl)c2)C3=O)cc1.O=C1c2ccc(Oc3ccc4c(c3)C(=O)N(CC3CCCO3)C4=O)cc2C(=O)N1CC1CCCO1. The second-order valence-corrected chi connectivity index (χ2v) is 33.6. The largest absolute Gasteiger partial charge is 0.497 e. The minimum Gasteiger partial charge on any atom is -0.497 e. The number of ketones is 4. The standard InChI is InChI=1S/C30H28N2O5.C27H22ClNO4.C26H24N2O7.C24H21N3O5/c1-3-36-30(34)28-27(26-13-8-16-37-26)24(19-31)25(32-29(28)21-10-5-4-6-11-21)15-14-22(33)17-20-9-7-12-23(18-20)35-2;1-15-4-7-18(8-5-15)25(31)17(3)12-24(30)19-9-11-21-22(13-19)27(33)29(26(21)32)20-10-6-16(2)23(28)14-20;29-23-19-7-5-15(11-21(19)25(31)27(23)13-17-3-1-9-33-17)35-16-6-8-20-22(12-16)26(32)28(24(20)30)14-18-4-2-10-34-18;1-2-30-24(29)17-9-7-16(8-10-17)15-18(28)11-12-21-25-22(19-5-3-13-31-19)23(27-26-21)20-6-4-14-32-20/h4-13,16,18,27,32H,3,14-15,17H2,1-2H3;4-11,13-14,17H,12H2,1-3H3;5-8,11-12,17-18H,1-4,9-10,13-14H2;3-10,13-14H,2,11-12,15H2,1H3. The molecular formula is C107H95ClN8O21. The summed E-state index contributed by atoms with van der Waals surface area (Å²) in [6.07, 6.45) is 9.50. The molecule has 0 aliphatic carbocycles. The van der Waals surface area contributed by atoms with E-state index >= 15 is 0 Å². The number of nitriles is 1. The van der Waals surface area contributed by atoms with E-state index in [1.165, 1.54) is 46.4 Å². The molecule has 6 aliphatic rings. The molecule has 1 N–H and O–H groups in total. The fourth-order valence-corrected chi connectivity index (χ4v) is 16.8. The zero-order valence-corrected chi connectivity index (χ0v) is 76.6. The van der Waals surface area contributed by atoms with Crippen LogP contribution in [0.1, 0.15) is 211 Å². The minimum atomic E-state index is -0.765. The number of furan rings is 3. The monoisotopic (exact) mass is 1860 g/mol. The van der Waals surface area contributed by atoms with Crippen molar-refractivity contribution in [2.75, 3.05) is 51.5 Å². The number of hydrogen-bond donors (Lipinski definition) is 1. The fraction of sp³-hybridized carbons (Fsp3) is 0.252. The molecular weight excluding hydrogens is 1770 g/mol. The van der Waals surface area contributed by atoms with Gasteiger partial charge in [-0.1, -0.05) is 115 Å². The molecule has 8 aromatic carbocycles. The molecule has 0 spiro atoms. The maximum Gasteiger partial charge on any atom is 0.338 e. The van der Waals surface area contributed by atoms with Crippen LogP contribution < -0.4 is 19.7 Å². The number of nitrogens with one attached hydrogen (secondary N) is 1. The normalized spacial score (nSPS) is 15.9. The lowest BCUT2D eigenvalue weighted by molar-refractivity contribution is -0.138. The molecule has 6 amide bonds. The number of benzene rings is 8. The molecule has 696 valence electrons. The molecule has 12 aromatic rings. The van der Waals surface area contributed by atoms with Gasteiger partial charge >= 0.3 is 11.9 Å². The van der Waals surface area contributed by atoms with Crippen LogP contribution in [0, 0.1) is 31.1 Å². The van der Waals surface area contributed by atoms with Gasteiger partial charge in [0.05, 0.1) is 138 Å². The highest BCUT2D eigenvalue weighted by atomic mass is 35.5. The highest BCUT2D eigenvalue weighted by molar-refractivity contribution is 6.36. The number of carbonyl (C=O) groups excluding carboxylic acids is 12. The lowest BCUT2D eigenvalue weighted by atomic mass is 9.81. The van der Waals surface area contributed by atoms with Crippen LogP contribution in [0.2, 0.25) is 5.02 Å². The molecule has 10 heterocycles. The van der Waals surface area contributed by atoms with Crippen molar-refractivity contribution < 1.29 is 99.2 Å². The van der Waals surface area contributed by atoms with E-state index in [-0.39, 0.29) is 139 Å². The van der Waals surface area contributed by atoms with Crippen molar-refractivity contribution in [2.24, 2.45) is 5.92 Å². The number of allylic oxidation sites excluding steroid dienone is 2. The minimum absolute atomic E-state index is 0.00488. The summed E-state index contributed by atoms with van der Waals surface area (Å²) in [7, 11) is 1.59. The molecule has 18 rings (SSSR count). The molecule has 4 aromatic heterocycles. The Morgan fingerprint density at radius 3 is 1.69 bits per heavy atom. The van der Waals surface area contributed by atoms with Gasteiger partial charge in [-0.25, -0.2) is 19.5 Å². The van der Waals surface area contributed by atoms with E-state index in [2.05, 4.69) is 26.6 Å². The third-order valence-electron chi connectivity index (χ3n) is 23.7. The van der Waals surface area contributed by atoms with Crippen molar-refractivity contribution in [3.05, 3.63) is 342 Å². The number of aromatic nitrogens is 3. The fourth-order valence-electron chi connectivity index (χ4n) is 16.6. The van der Waals surface area contributed by atoms with E-state index in [1.54, 1.807) is 156 Å². The van der Waals surface area contributed by atoms with E-state index in [0.29, 0.717) is 145 Å². The highest BCUT2D eigenvalue weighted by Gasteiger charge is 2.43. The number of nitrogens with zero attached hydrogens (tertiary/aromatic N) is 7. The maximum absolute atomic E-state index is 13.2. The van der Waals surface area contributed by atoms with Crippen LogP contribution in [0.3, 0.4) is 0 Å². The van der Waals surface area contributed by atoms with Gasteiger partial charge in [0.15, 0.2) is 34.6 Å². The maximum atomic E-state index is 13.2. The summed E-state index contributed by atoms with van der Waals surface area (Å²) < 4.78 is 49.3. The number of hydrogen-bond acceptors (Lipinski definition) is 26. The van der Waals surface area contributed by atoms with E-state index < -0.39 is 29.6 Å². The molecule has 137 heavy (non-hydrogen) atoms. The molecule has 29 nitrogen and oxygen atoms in total. The van der Waals surface area contributed by atoms with Crippen molar-refractivity contribution >= 4 is 93.5 Å². The number of anilines is 1. The molecule has 4 unspecified atom stereocenters. The molecule has 2 saturated heterocycles. The quantitative estimate of drug-likeness (QED) is 0.0239. The van der Waals surface area contributed by atoms with Crippen LogP contribution in [0.15, 0.2) is 261 Å². The van der Waals surface area contributed by atoms with Gasteiger partial charge in [-0.15, -0.1) is 10.2 Å². The lowest BCUT2D eigenvalue weighted by Crippen LogP contribution is -2.36. The summed E-state index contributed by atoms with van der Waals surface area (Å²) in [5.41, 5.74) is 10.4. The average Bonchev–Trinajstić information content (AvgIpc) is 1.59. The molecule has 0 saturated carbocycles. The first-order valence-electron chi connectivity index (χ1n) is 44.8. The van der Waals surface area contributed by atoms with Crippen molar-refractivity contribution in [3.8, 4) is 46.2 Å². The van der Waals surface area contributed by atoms with Crippen molar-refractivity contribution in [1.29, 1.82) is 5.26 Å². The molecule has 4 atom stereocenters. The van der Waals surface area contributed by atoms with Gasteiger partial charge in [0, 0.05) is 79.5 Å². The summed E-state index contributed by atoms with van der Waals surface area (Å²) in [5.74, 6) is -1.50. The zero-order valence-electron chi connectivity index (χ0n) is 75.9. The topological polar surface area (TPSA) is 384 Å². The van der Waals surface area contributed by atoms with E-state index in [1.807, 2.05) is 80.6 Å². The Kier molecular flexibility index (Phi) is 30.7. The highest BCUT2D eigenvalue weighted by Crippen LogP contribution is 2.44. The average molecular weight is 1860 g/mol. The first-order valence-corrected chi connectivity index (χ1v) is 45.2. The van der Waals surface area contributed by atoms with Gasteiger partial charge in [0.2, 0.25) is 0 Å². The molecule has 0 bridgehead atoms. The number of imide groups is 3. The number of dihydropyridines is 1. The van der Waals surface area contributed by atoms with Gasteiger partial charge in [-0.05, 0) is 203 Å². The van der Waals surface area contributed by atoms with Crippen molar-refractivity contribution in [2.45, 2.75) is 123 Å². The van der Waals surface area contributed by atoms with Crippen LogP contribution in [0.4, 0.5) is 5.69 Å². The van der Waals surface area contributed by atoms with Crippen LogP contribution >= 0.6 is 11.6 Å². The van der Waals surface area contributed by atoms with Gasteiger partial charge in [0.1, 0.15) is 40.3 Å². The Balaban J connectivity index is 0.000000139. The summed E-state index contributed by atoms with van der Waals surface area (Å²) in [4.78, 5) is 161. The van der Waals surface area contributed by atoms with Gasteiger partial charge < -0.3 is 47.0 Å². The number of ether oxygens (including phenoxy) is 6. The number of amides is 6. The van der Waals surface area contributed by atoms with Gasteiger partial charge in [-0.2, -0.15) is 5.26 Å². The Hall–Kier alpha value is -15.8. The summed E-state index contributed by atoms with van der Waals surface area (Å²) in [6.45, 7) is 11.3. The Morgan fingerprint density at radius 2 is 1.10 bits per heavy atom. The van der Waals surface area contributed by atoms with Gasteiger partial charge in [-0.3, -0.25) is 57.7 Å². The second kappa shape index (κ2) is 43.9. The third kappa shape index (κ3) is 22.3. The Bertz CT molecular complexity index is 6610. The summed E-state index contributed by atoms with van der Waals surface area (Å²) in [5, 5.41) is 22.4. The second-order valence-electron chi connectivity index (χ2n) is 33.2. The first kappa shape index (κ1) is 95.8. The predicted molar refractivity (Wildman–Crippen MR) is 502 cm³/mol. The molecule has 0 radical (unpaired) electrons. The first-order chi connectivity index (χ1) is 66.3. The van der Waals surface area contributed by atoms with Crippen molar-refractivity contribution in [1.82, 2.24) is 30.3 Å². The van der Waals surface area contributed by atoms with Crippen molar-refractivity contribution in [3.63, 3.8) is 0 Å². The third-order valence-corrected chi connectivity index (χ3v) is 24.1. The zero-order chi connectivity index (χ0) is 96.5. The van der Waals surface area contributed by atoms with Crippen LogP contribution in [0.25, 0.3) is 28.6 Å². The van der Waals surface area contributed by atoms with E-state index in [0.717, 1.165) is 58.4 Å². The van der Waals surface area contributed by atoms with E-state index in [4.69, 9.17) is 53.3 Å². The van der Waals surface area contributed by atoms with Gasteiger partial charge in [0.25, 0.3) is 35.4 Å². The summed E-state index contributed by atoms with van der Waals surface area (Å²) >= 11 is 6.17. The molecule has 2 fully saturated rings. The number of methoxy groups -OCH3 is 1.